The summed E-state index contributed by atoms with van der Waals surface area (Å²) in [4.78, 5) is 0. The molecule has 0 saturated heterocycles. The van der Waals surface area contributed by atoms with Gasteiger partial charge in [0.05, 0.1) is 11.7 Å². The van der Waals surface area contributed by atoms with Crippen molar-refractivity contribution in [1.29, 1.82) is 0 Å². The number of ether oxygens (including phenoxy) is 1. The van der Waals surface area contributed by atoms with Crippen LogP contribution in [0.1, 0.15) is 22.8 Å². The fraction of sp³-hybridized carbons (Fsp3) is 0.368. The lowest BCUT2D eigenvalue weighted by molar-refractivity contribution is -0.137. The standard InChI is InChI=1S/C19H23F3N2O2/c20-19(21,22)16-3-1-2-15(12-16)18(25)13-24-10-8-14-4-6-17(7-5-14)26-11-9-23/h1-7,12,18,24-25H,8-11,13,23H2. The van der Waals surface area contributed by atoms with E-state index in [9.17, 15) is 18.3 Å². The molecule has 142 valence electrons. The average molecular weight is 368 g/mol. The number of hydrogen-bond acceptors (Lipinski definition) is 4. The predicted octanol–water partition coefficient (Wildman–Crippen LogP) is 2.91. The van der Waals surface area contributed by atoms with E-state index in [4.69, 9.17) is 10.5 Å². The van der Waals surface area contributed by atoms with Crippen molar-refractivity contribution in [3.8, 4) is 5.75 Å². The molecule has 0 fully saturated rings. The Morgan fingerprint density at radius 3 is 2.50 bits per heavy atom. The molecule has 2 rings (SSSR count). The molecule has 4 nitrogen and oxygen atoms in total. The quantitative estimate of drug-likeness (QED) is 0.596. The van der Waals surface area contributed by atoms with Gasteiger partial charge < -0.3 is 20.9 Å². The summed E-state index contributed by atoms with van der Waals surface area (Å²) in [5.41, 5.74) is 5.95. The maximum atomic E-state index is 12.7. The van der Waals surface area contributed by atoms with Gasteiger partial charge in [-0.3, -0.25) is 0 Å². The van der Waals surface area contributed by atoms with Crippen LogP contribution in [0.2, 0.25) is 0 Å². The normalized spacial score (nSPS) is 12.8. The van der Waals surface area contributed by atoms with Gasteiger partial charge >= 0.3 is 6.18 Å². The molecule has 4 N–H and O–H groups in total. The Morgan fingerprint density at radius 2 is 1.85 bits per heavy atom. The maximum absolute atomic E-state index is 12.7. The van der Waals surface area contributed by atoms with Crippen molar-refractivity contribution in [3.05, 3.63) is 65.2 Å². The van der Waals surface area contributed by atoms with Crippen LogP contribution in [0.15, 0.2) is 48.5 Å². The molecule has 1 atom stereocenters. The van der Waals surface area contributed by atoms with Gasteiger partial charge in [0.1, 0.15) is 12.4 Å². The van der Waals surface area contributed by atoms with Gasteiger partial charge in [0, 0.05) is 13.1 Å². The highest BCUT2D eigenvalue weighted by Gasteiger charge is 2.30. The number of halogens is 3. The molecule has 0 saturated carbocycles. The van der Waals surface area contributed by atoms with E-state index in [1.165, 1.54) is 12.1 Å². The molecule has 0 aliphatic carbocycles. The average Bonchev–Trinajstić information content (AvgIpc) is 2.63. The summed E-state index contributed by atoms with van der Waals surface area (Å²) >= 11 is 0. The largest absolute Gasteiger partial charge is 0.492 e. The number of rotatable bonds is 9. The van der Waals surface area contributed by atoms with E-state index < -0.39 is 17.8 Å². The van der Waals surface area contributed by atoms with E-state index in [0.717, 1.165) is 29.9 Å². The van der Waals surface area contributed by atoms with Gasteiger partial charge in [0.2, 0.25) is 0 Å². The number of nitrogens with two attached hydrogens (primary N) is 1. The summed E-state index contributed by atoms with van der Waals surface area (Å²) in [6, 6.07) is 12.4. The van der Waals surface area contributed by atoms with Crippen molar-refractivity contribution in [2.45, 2.75) is 18.7 Å². The first-order valence-electron chi connectivity index (χ1n) is 8.38. The van der Waals surface area contributed by atoms with E-state index >= 15 is 0 Å². The van der Waals surface area contributed by atoms with Gasteiger partial charge in [-0.2, -0.15) is 13.2 Å². The van der Waals surface area contributed by atoms with Crippen molar-refractivity contribution in [2.75, 3.05) is 26.2 Å². The zero-order valence-corrected chi connectivity index (χ0v) is 14.3. The van der Waals surface area contributed by atoms with Crippen LogP contribution >= 0.6 is 0 Å². The van der Waals surface area contributed by atoms with Crippen LogP contribution in [0.25, 0.3) is 0 Å². The Balaban J connectivity index is 1.77. The number of aliphatic hydroxyl groups excluding tert-OH is 1. The minimum absolute atomic E-state index is 0.180. The van der Waals surface area contributed by atoms with E-state index in [1.54, 1.807) is 0 Å². The van der Waals surface area contributed by atoms with E-state index in [-0.39, 0.29) is 12.1 Å². The van der Waals surface area contributed by atoms with Gasteiger partial charge in [-0.05, 0) is 48.4 Å². The van der Waals surface area contributed by atoms with Crippen molar-refractivity contribution in [3.63, 3.8) is 0 Å². The Bertz CT molecular complexity index is 675. The van der Waals surface area contributed by atoms with Gasteiger partial charge in [-0.25, -0.2) is 0 Å². The molecule has 0 heterocycles. The molecule has 0 aliphatic heterocycles. The number of alkyl halides is 3. The Labute approximate surface area is 150 Å². The van der Waals surface area contributed by atoms with Crippen LogP contribution in [-0.4, -0.2) is 31.3 Å². The summed E-state index contributed by atoms with van der Waals surface area (Å²) in [7, 11) is 0. The minimum Gasteiger partial charge on any atom is -0.492 e. The highest BCUT2D eigenvalue weighted by molar-refractivity contribution is 5.28. The topological polar surface area (TPSA) is 67.5 Å². The molecule has 0 aliphatic rings. The third-order valence-electron chi connectivity index (χ3n) is 3.84. The van der Waals surface area contributed by atoms with Crippen molar-refractivity contribution < 1.29 is 23.0 Å². The van der Waals surface area contributed by atoms with Gasteiger partial charge in [0.15, 0.2) is 0 Å². The summed E-state index contributed by atoms with van der Waals surface area (Å²) < 4.78 is 43.5. The summed E-state index contributed by atoms with van der Waals surface area (Å²) in [6.07, 6.45) is -4.68. The van der Waals surface area contributed by atoms with Gasteiger partial charge in [0.25, 0.3) is 0 Å². The first-order chi connectivity index (χ1) is 12.4. The second-order valence-electron chi connectivity index (χ2n) is 5.87. The van der Waals surface area contributed by atoms with Crippen LogP contribution in [0.4, 0.5) is 13.2 Å². The van der Waals surface area contributed by atoms with Gasteiger partial charge in [-0.15, -0.1) is 0 Å². The zero-order chi connectivity index (χ0) is 19.0. The lowest BCUT2D eigenvalue weighted by Crippen LogP contribution is -2.24. The van der Waals surface area contributed by atoms with Crippen LogP contribution in [0, 0.1) is 0 Å². The molecule has 0 bridgehead atoms. The smallest absolute Gasteiger partial charge is 0.416 e. The Kier molecular flexibility index (Phi) is 7.44. The predicted molar refractivity (Wildman–Crippen MR) is 94.0 cm³/mol. The Hall–Kier alpha value is -2.09. The molecule has 2 aromatic rings. The first kappa shape index (κ1) is 20.2. The summed E-state index contributed by atoms with van der Waals surface area (Å²) in [6.45, 7) is 1.70. The zero-order valence-electron chi connectivity index (χ0n) is 14.3. The van der Waals surface area contributed by atoms with E-state index in [0.29, 0.717) is 19.7 Å². The van der Waals surface area contributed by atoms with Crippen molar-refractivity contribution in [2.24, 2.45) is 5.73 Å². The molecular formula is C19H23F3N2O2. The molecule has 2 aromatic carbocycles. The minimum atomic E-state index is -4.41. The number of benzene rings is 2. The highest BCUT2D eigenvalue weighted by atomic mass is 19.4. The lowest BCUT2D eigenvalue weighted by Gasteiger charge is -2.14. The second kappa shape index (κ2) is 9.56. The molecule has 26 heavy (non-hydrogen) atoms. The van der Waals surface area contributed by atoms with Crippen LogP contribution in [-0.2, 0) is 12.6 Å². The molecule has 0 spiro atoms. The molecule has 7 heteroatoms. The maximum Gasteiger partial charge on any atom is 0.416 e. The summed E-state index contributed by atoms with van der Waals surface area (Å²) in [5, 5.41) is 13.1. The SMILES string of the molecule is NCCOc1ccc(CCNCC(O)c2cccc(C(F)(F)F)c2)cc1. The monoisotopic (exact) mass is 368 g/mol. The van der Waals surface area contributed by atoms with E-state index in [1.807, 2.05) is 24.3 Å². The third-order valence-corrected chi connectivity index (χ3v) is 3.84. The molecular weight excluding hydrogens is 345 g/mol. The summed E-state index contributed by atoms with van der Waals surface area (Å²) in [5.74, 6) is 0.757. The fourth-order valence-electron chi connectivity index (χ4n) is 2.44. The van der Waals surface area contributed by atoms with Crippen molar-refractivity contribution in [1.82, 2.24) is 5.32 Å². The molecule has 0 aromatic heterocycles. The molecule has 0 radical (unpaired) electrons. The first-order valence-corrected chi connectivity index (χ1v) is 8.38. The lowest BCUT2D eigenvalue weighted by atomic mass is 10.1. The van der Waals surface area contributed by atoms with Crippen molar-refractivity contribution >= 4 is 0 Å². The van der Waals surface area contributed by atoms with Crippen LogP contribution < -0.4 is 15.8 Å². The third kappa shape index (κ3) is 6.33. The molecule has 0 amide bonds. The highest BCUT2D eigenvalue weighted by Crippen LogP contribution is 2.30. The number of nitrogens with one attached hydrogen (secondary N) is 1. The van der Waals surface area contributed by atoms with Crippen LogP contribution in [0.3, 0.4) is 0 Å². The van der Waals surface area contributed by atoms with Gasteiger partial charge in [-0.1, -0.05) is 24.3 Å². The molecule has 1 unspecified atom stereocenters. The number of hydrogen-bond donors (Lipinski definition) is 3. The Morgan fingerprint density at radius 1 is 1.12 bits per heavy atom. The number of aliphatic hydroxyl groups is 1. The van der Waals surface area contributed by atoms with E-state index in [2.05, 4.69) is 5.32 Å². The second-order valence-corrected chi connectivity index (χ2v) is 5.87. The van der Waals surface area contributed by atoms with Crippen LogP contribution in [0.5, 0.6) is 5.75 Å². The fourth-order valence-corrected chi connectivity index (χ4v) is 2.44.